The molecule has 0 aliphatic heterocycles. The van der Waals surface area contributed by atoms with Crippen LogP contribution in [-0.2, 0) is 6.42 Å². The second-order valence-corrected chi connectivity index (χ2v) is 4.77. The van der Waals surface area contributed by atoms with Gasteiger partial charge in [-0.15, -0.1) is 0 Å². The Hall–Kier alpha value is -0.890. The van der Waals surface area contributed by atoms with Crippen LogP contribution in [0.2, 0.25) is 0 Å². The summed E-state index contributed by atoms with van der Waals surface area (Å²) < 4.78 is 0. The summed E-state index contributed by atoms with van der Waals surface area (Å²) in [6, 6.07) is 8.13. The zero-order valence-electron chi connectivity index (χ0n) is 10.1. The molecule has 0 aromatic heterocycles. The predicted molar refractivity (Wildman–Crippen MR) is 81.6 cm³/mol. The van der Waals surface area contributed by atoms with Crippen molar-refractivity contribution in [2.75, 3.05) is 0 Å². The molecule has 1 aromatic carbocycles. The van der Waals surface area contributed by atoms with E-state index < -0.39 is 0 Å². The first kappa shape index (κ1) is 14.2. The van der Waals surface area contributed by atoms with E-state index >= 15 is 0 Å². The summed E-state index contributed by atoms with van der Waals surface area (Å²) in [7, 11) is 0. The fraction of sp³-hybridized carbons (Fsp3) is 0.429. The highest BCUT2D eigenvalue weighted by molar-refractivity contribution is 7.80. The molecule has 0 saturated heterocycles. The molecule has 1 aromatic rings. The van der Waals surface area contributed by atoms with Gasteiger partial charge in [-0.1, -0.05) is 37.7 Å². The van der Waals surface area contributed by atoms with E-state index in [2.05, 4.69) is 41.4 Å². The molecule has 3 heteroatoms. The van der Waals surface area contributed by atoms with Crippen molar-refractivity contribution in [2.45, 2.75) is 39.0 Å². The number of hydrogen-bond donors (Lipinski definition) is 0. The molecule has 0 N–H and O–H groups in total. The van der Waals surface area contributed by atoms with Gasteiger partial charge in [-0.3, -0.25) is 0 Å². The Balaban J connectivity index is 2.37. The monoisotopic (exact) mass is 263 g/mol. The minimum absolute atomic E-state index is 0.866. The van der Waals surface area contributed by atoms with Gasteiger partial charge < -0.3 is 0 Å². The van der Waals surface area contributed by atoms with Gasteiger partial charge in [0.25, 0.3) is 0 Å². The molecule has 1 nitrogen and oxygen atoms in total. The lowest BCUT2D eigenvalue weighted by atomic mass is 10.1. The van der Waals surface area contributed by atoms with Crippen molar-refractivity contribution in [3.8, 4) is 0 Å². The van der Waals surface area contributed by atoms with E-state index in [1.54, 1.807) is 0 Å². The molecule has 0 unspecified atom stereocenters. The maximum atomic E-state index is 5.29. The Bertz CT molecular complexity index is 403. The van der Waals surface area contributed by atoms with Crippen LogP contribution in [0.4, 0.5) is 5.69 Å². The van der Waals surface area contributed by atoms with Crippen LogP contribution in [0.1, 0.15) is 38.2 Å². The molecule has 0 heterocycles. The molecule has 1 rings (SSSR count). The molecule has 0 aliphatic rings. The highest BCUT2D eigenvalue weighted by Gasteiger charge is 1.98. The van der Waals surface area contributed by atoms with Crippen molar-refractivity contribution in [2.24, 2.45) is 4.99 Å². The van der Waals surface area contributed by atoms with E-state index in [0.29, 0.717) is 0 Å². The quantitative estimate of drug-likeness (QED) is 0.511. The van der Waals surface area contributed by atoms with Crippen molar-refractivity contribution in [3.05, 3.63) is 29.8 Å². The Morgan fingerprint density at radius 2 is 1.94 bits per heavy atom. The molecule has 0 radical (unpaired) electrons. The third-order valence-electron chi connectivity index (χ3n) is 2.56. The van der Waals surface area contributed by atoms with Gasteiger partial charge in [0.2, 0.25) is 0 Å². The minimum Gasteiger partial charge on any atom is -0.195 e. The van der Waals surface area contributed by atoms with Crippen LogP contribution in [0.15, 0.2) is 29.3 Å². The second kappa shape index (κ2) is 8.24. The van der Waals surface area contributed by atoms with Gasteiger partial charge in [-0.05, 0) is 60.5 Å². The number of nitrogens with zero attached hydrogens (tertiary/aromatic N) is 1. The van der Waals surface area contributed by atoms with Crippen molar-refractivity contribution in [1.29, 1.82) is 0 Å². The molecule has 0 amide bonds. The number of rotatable bonds is 7. The van der Waals surface area contributed by atoms with Gasteiger partial charge in [0.1, 0.15) is 0 Å². The second-order valence-electron chi connectivity index (χ2n) is 4.01. The van der Waals surface area contributed by atoms with Gasteiger partial charge >= 0.3 is 0 Å². The summed E-state index contributed by atoms with van der Waals surface area (Å²) in [6.45, 7) is 2.17. The first-order chi connectivity index (χ1) is 8.26. The molecular formula is C14H17NS2. The molecule has 0 atom stereocenters. The normalized spacial score (nSPS) is 9.71. The zero-order valence-corrected chi connectivity index (χ0v) is 11.7. The number of isothiocyanates is 1. The van der Waals surface area contributed by atoms with Gasteiger partial charge in [-0.25, -0.2) is 0 Å². The SMILES string of the molecule is CCCC(=S)CCCc1ccc(N=C=S)cc1. The Labute approximate surface area is 114 Å². The maximum Gasteiger partial charge on any atom is 0.0739 e. The number of thiocarbonyl (C=S) groups is 2. The predicted octanol–water partition coefficient (Wildman–Crippen LogP) is 4.91. The molecule has 0 aliphatic carbocycles. The fourth-order valence-electron chi connectivity index (χ4n) is 1.68. The third-order valence-corrected chi connectivity index (χ3v) is 3.06. The standard InChI is InChI=1S/C14H17NS2/c1-2-4-14(17)6-3-5-12-7-9-13(10-8-12)15-11-16/h7-10H,2-6H2,1H3. The first-order valence-corrected chi connectivity index (χ1v) is 6.76. The molecule has 0 spiro atoms. The van der Waals surface area contributed by atoms with Crippen molar-refractivity contribution >= 4 is 40.1 Å². The van der Waals surface area contributed by atoms with Crippen LogP contribution in [0.25, 0.3) is 0 Å². The van der Waals surface area contributed by atoms with Crippen LogP contribution in [0.3, 0.4) is 0 Å². The topological polar surface area (TPSA) is 12.4 Å². The number of aliphatic imine (C=N–C) groups is 1. The minimum atomic E-state index is 0.866. The van der Waals surface area contributed by atoms with Crippen LogP contribution >= 0.6 is 24.4 Å². The van der Waals surface area contributed by atoms with E-state index in [1.807, 2.05) is 12.1 Å². The Morgan fingerprint density at radius 3 is 2.53 bits per heavy atom. The molecule has 0 fully saturated rings. The maximum absolute atomic E-state index is 5.29. The summed E-state index contributed by atoms with van der Waals surface area (Å²) in [5.74, 6) is 0. The van der Waals surface area contributed by atoms with Crippen molar-refractivity contribution in [3.63, 3.8) is 0 Å². The van der Waals surface area contributed by atoms with Crippen molar-refractivity contribution < 1.29 is 0 Å². The number of aryl methyl sites for hydroxylation is 1. The number of hydrogen-bond acceptors (Lipinski definition) is 3. The highest BCUT2D eigenvalue weighted by Crippen LogP contribution is 2.14. The highest BCUT2D eigenvalue weighted by atomic mass is 32.1. The van der Waals surface area contributed by atoms with Crippen LogP contribution in [0, 0.1) is 0 Å². The largest absolute Gasteiger partial charge is 0.195 e. The molecule has 90 valence electrons. The third kappa shape index (κ3) is 5.83. The molecular weight excluding hydrogens is 246 g/mol. The van der Waals surface area contributed by atoms with E-state index in [9.17, 15) is 0 Å². The van der Waals surface area contributed by atoms with E-state index in [1.165, 1.54) is 10.4 Å². The van der Waals surface area contributed by atoms with E-state index in [0.717, 1.165) is 37.8 Å². The summed E-state index contributed by atoms with van der Waals surface area (Å²) >= 11 is 9.85. The van der Waals surface area contributed by atoms with Crippen molar-refractivity contribution in [1.82, 2.24) is 0 Å². The van der Waals surface area contributed by atoms with E-state index in [-0.39, 0.29) is 0 Å². The Kier molecular flexibility index (Phi) is 6.87. The fourth-order valence-corrected chi connectivity index (χ4v) is 2.14. The van der Waals surface area contributed by atoms with Gasteiger partial charge in [0.05, 0.1) is 10.8 Å². The van der Waals surface area contributed by atoms with Crippen LogP contribution in [-0.4, -0.2) is 10.0 Å². The lowest BCUT2D eigenvalue weighted by molar-refractivity contribution is 0.850. The molecule has 17 heavy (non-hydrogen) atoms. The van der Waals surface area contributed by atoms with Crippen LogP contribution in [0.5, 0.6) is 0 Å². The molecule has 0 bridgehead atoms. The van der Waals surface area contributed by atoms with Gasteiger partial charge in [0.15, 0.2) is 0 Å². The number of benzene rings is 1. The summed E-state index contributed by atoms with van der Waals surface area (Å²) in [5, 5.41) is 2.37. The summed E-state index contributed by atoms with van der Waals surface area (Å²) in [4.78, 5) is 5.13. The summed E-state index contributed by atoms with van der Waals surface area (Å²) in [5.41, 5.74) is 2.19. The summed E-state index contributed by atoms with van der Waals surface area (Å²) in [6.07, 6.45) is 5.50. The average molecular weight is 263 g/mol. The zero-order chi connectivity index (χ0) is 12.5. The smallest absolute Gasteiger partial charge is 0.0739 e. The molecule has 0 saturated carbocycles. The lowest BCUT2D eigenvalue weighted by Crippen LogP contribution is -1.95. The van der Waals surface area contributed by atoms with E-state index in [4.69, 9.17) is 12.2 Å². The lowest BCUT2D eigenvalue weighted by Gasteiger charge is -2.03. The van der Waals surface area contributed by atoms with Crippen LogP contribution < -0.4 is 0 Å². The Morgan fingerprint density at radius 1 is 1.24 bits per heavy atom. The first-order valence-electron chi connectivity index (χ1n) is 5.94. The average Bonchev–Trinajstić information content (AvgIpc) is 2.32. The van der Waals surface area contributed by atoms with Gasteiger partial charge in [0, 0.05) is 0 Å². The van der Waals surface area contributed by atoms with Gasteiger partial charge in [-0.2, -0.15) is 4.99 Å².